The second kappa shape index (κ2) is 44.7. The topological polar surface area (TPSA) is 105 Å². The van der Waals surface area contributed by atoms with Gasteiger partial charge in [0, 0.05) is 6.42 Å². The monoisotopic (exact) mass is 888 g/mol. The molecule has 3 N–H and O–H groups in total. The molecular weight excluding hydrogens is 780 g/mol. The molecule has 1 amide bonds. The number of hydrogen-bond acceptors (Lipinski definition) is 5. The molecule has 0 saturated carbocycles. The second-order valence-corrected chi connectivity index (χ2v) is 21.4. The van der Waals surface area contributed by atoms with Crippen molar-refractivity contribution in [1.82, 2.24) is 5.32 Å². The largest absolute Gasteiger partial charge is 0.472 e. The van der Waals surface area contributed by atoms with Crippen LogP contribution < -0.4 is 5.32 Å². The molecule has 0 bridgehead atoms. The maximum absolute atomic E-state index is 13.0. The van der Waals surface area contributed by atoms with Gasteiger partial charge >= 0.3 is 7.82 Å². The summed E-state index contributed by atoms with van der Waals surface area (Å²) < 4.78 is 23.7. The van der Waals surface area contributed by atoms with Gasteiger partial charge in [-0.25, -0.2) is 4.57 Å². The lowest BCUT2D eigenvalue weighted by atomic mass is 10.0. The average Bonchev–Trinajstić information content (AvgIpc) is 3.21. The molecule has 0 aliphatic rings. The Morgan fingerprint density at radius 1 is 0.492 bits per heavy atom. The van der Waals surface area contributed by atoms with Crippen LogP contribution in [0, 0.1) is 0 Å². The minimum atomic E-state index is -4.31. The summed E-state index contributed by atoms with van der Waals surface area (Å²) in [7, 11) is 1.63. The van der Waals surface area contributed by atoms with Crippen molar-refractivity contribution < 1.29 is 32.9 Å². The molecule has 0 aromatic heterocycles. The Morgan fingerprint density at radius 2 is 0.787 bits per heavy atom. The van der Waals surface area contributed by atoms with Crippen LogP contribution in [-0.2, 0) is 18.4 Å². The van der Waals surface area contributed by atoms with Crippen LogP contribution in [0.2, 0.25) is 0 Å². The number of unbranched alkanes of at least 4 members (excludes halogenated alkanes) is 37. The lowest BCUT2D eigenvalue weighted by Crippen LogP contribution is -2.46. The highest BCUT2D eigenvalue weighted by Crippen LogP contribution is 2.43. The van der Waals surface area contributed by atoms with Gasteiger partial charge < -0.3 is 19.8 Å². The summed E-state index contributed by atoms with van der Waals surface area (Å²) in [5.41, 5.74) is 0. The van der Waals surface area contributed by atoms with Gasteiger partial charge in [-0.1, -0.05) is 258 Å². The third-order valence-corrected chi connectivity index (χ3v) is 13.6. The Kier molecular flexibility index (Phi) is 44.3. The van der Waals surface area contributed by atoms with E-state index in [0.717, 1.165) is 38.5 Å². The van der Waals surface area contributed by atoms with E-state index in [4.69, 9.17) is 9.05 Å². The van der Waals surface area contributed by atoms with Gasteiger partial charge in [0.25, 0.3) is 0 Å². The van der Waals surface area contributed by atoms with E-state index < -0.39 is 20.0 Å². The summed E-state index contributed by atoms with van der Waals surface area (Å²) in [6, 6.07) is -0.754. The molecule has 9 heteroatoms. The minimum Gasteiger partial charge on any atom is -0.391 e. The number of carbonyl (C=O) groups is 1. The van der Waals surface area contributed by atoms with Crippen LogP contribution in [-0.4, -0.2) is 73.4 Å². The first-order valence-electron chi connectivity index (χ1n) is 26.9. The van der Waals surface area contributed by atoms with Crippen molar-refractivity contribution in [1.29, 1.82) is 0 Å². The Balaban J connectivity index is 4.10. The molecule has 0 fully saturated rings. The van der Waals surface area contributed by atoms with E-state index in [1.54, 1.807) is 0 Å². The average molecular weight is 888 g/mol. The van der Waals surface area contributed by atoms with E-state index in [-0.39, 0.29) is 19.1 Å². The zero-order chi connectivity index (χ0) is 45.0. The fourth-order valence-corrected chi connectivity index (χ4v) is 9.08. The number of nitrogens with zero attached hydrogens (tertiary/aromatic N) is 1. The fraction of sp³-hybridized carbons (Fsp3) is 0.981. The number of aliphatic hydroxyl groups excluding tert-OH is 1. The van der Waals surface area contributed by atoms with Crippen molar-refractivity contribution in [3.8, 4) is 0 Å². The number of carbonyl (C=O) groups excluding carboxylic acids is 1. The van der Waals surface area contributed by atoms with E-state index in [9.17, 15) is 19.4 Å². The highest BCUT2D eigenvalue weighted by Gasteiger charge is 2.28. The first-order valence-corrected chi connectivity index (χ1v) is 28.4. The number of phosphoric ester groups is 1. The van der Waals surface area contributed by atoms with Crippen LogP contribution in [0.5, 0.6) is 0 Å². The van der Waals surface area contributed by atoms with Gasteiger partial charge in [0.05, 0.1) is 39.9 Å². The zero-order valence-corrected chi connectivity index (χ0v) is 42.6. The summed E-state index contributed by atoms with van der Waals surface area (Å²) >= 11 is 0. The second-order valence-electron chi connectivity index (χ2n) is 20.0. The van der Waals surface area contributed by atoms with E-state index in [1.807, 2.05) is 21.1 Å². The molecule has 61 heavy (non-hydrogen) atoms. The highest BCUT2D eigenvalue weighted by atomic mass is 31.2. The van der Waals surface area contributed by atoms with Crippen molar-refractivity contribution in [2.45, 2.75) is 289 Å². The van der Waals surface area contributed by atoms with Gasteiger partial charge in [0.15, 0.2) is 0 Å². The first-order chi connectivity index (χ1) is 29.5. The van der Waals surface area contributed by atoms with E-state index in [1.165, 1.54) is 212 Å². The van der Waals surface area contributed by atoms with Gasteiger partial charge in [-0.15, -0.1) is 0 Å². The fourth-order valence-electron chi connectivity index (χ4n) is 8.34. The van der Waals surface area contributed by atoms with Crippen molar-refractivity contribution in [3.05, 3.63) is 0 Å². The predicted molar refractivity (Wildman–Crippen MR) is 263 cm³/mol. The van der Waals surface area contributed by atoms with Crippen molar-refractivity contribution in [3.63, 3.8) is 0 Å². The number of quaternary nitrogens is 1. The third-order valence-electron chi connectivity index (χ3n) is 12.6. The number of aliphatic hydroxyl groups is 1. The van der Waals surface area contributed by atoms with Crippen LogP contribution in [0.3, 0.4) is 0 Å². The molecule has 0 radical (unpaired) electrons. The molecule has 0 aliphatic heterocycles. The van der Waals surface area contributed by atoms with Crippen LogP contribution in [0.4, 0.5) is 0 Å². The van der Waals surface area contributed by atoms with Crippen LogP contribution in [0.25, 0.3) is 0 Å². The number of rotatable bonds is 50. The van der Waals surface area contributed by atoms with E-state index in [2.05, 4.69) is 19.2 Å². The maximum Gasteiger partial charge on any atom is 0.472 e. The van der Waals surface area contributed by atoms with Gasteiger partial charge in [-0.2, -0.15) is 0 Å². The molecule has 0 saturated heterocycles. The van der Waals surface area contributed by atoms with Crippen LogP contribution >= 0.6 is 7.82 Å². The highest BCUT2D eigenvalue weighted by molar-refractivity contribution is 7.47. The third kappa shape index (κ3) is 47.3. The first kappa shape index (κ1) is 60.5. The smallest absolute Gasteiger partial charge is 0.391 e. The molecule has 0 rings (SSSR count). The van der Waals surface area contributed by atoms with Gasteiger partial charge in [0.1, 0.15) is 13.2 Å². The van der Waals surface area contributed by atoms with Crippen molar-refractivity contribution in [2.24, 2.45) is 0 Å². The SMILES string of the molecule is CCCCCCCCCCCCCCCCCCCCCCCCCCCC(=O)NC(COP(=O)(O)OCC[N+](C)(C)C)C(O)CCCCCCCCCCCCCCCC. The number of hydrogen-bond donors (Lipinski definition) is 3. The summed E-state index contributed by atoms with van der Waals surface area (Å²) in [6.07, 6.45) is 51.5. The lowest BCUT2D eigenvalue weighted by Gasteiger charge is -2.26. The Morgan fingerprint density at radius 3 is 1.10 bits per heavy atom. The Bertz CT molecular complexity index is 963. The number of likely N-dealkylation sites (N-methyl/N-ethyl adjacent to an activating group) is 1. The van der Waals surface area contributed by atoms with Gasteiger partial charge in [-0.3, -0.25) is 13.8 Å². The molecule has 0 aromatic rings. The quantitative estimate of drug-likeness (QED) is 0.0319. The van der Waals surface area contributed by atoms with Crippen LogP contribution in [0.1, 0.15) is 277 Å². The van der Waals surface area contributed by atoms with Gasteiger partial charge in [0.2, 0.25) is 5.91 Å². The van der Waals surface area contributed by atoms with E-state index >= 15 is 0 Å². The number of amides is 1. The predicted octanol–water partition coefficient (Wildman–Crippen LogP) is 15.7. The van der Waals surface area contributed by atoms with E-state index in [0.29, 0.717) is 23.9 Å². The van der Waals surface area contributed by atoms with Crippen LogP contribution in [0.15, 0.2) is 0 Å². The molecule has 0 aromatic carbocycles. The van der Waals surface area contributed by atoms with Gasteiger partial charge in [-0.05, 0) is 12.8 Å². The standard InChI is InChI=1S/C52H107N2O6P/c1-6-8-10-12-14-16-18-20-22-23-24-25-26-27-28-29-30-31-32-34-36-38-40-42-44-46-52(56)53-50(49-60-61(57,58)59-48-47-54(3,4)5)51(55)45-43-41-39-37-35-33-21-19-17-15-13-11-9-7-2/h50-51,55H,6-49H2,1-5H3,(H-,53,56,57,58)/p+1. The number of phosphoric acid groups is 1. The molecular formula is C52H108N2O6P+. The van der Waals surface area contributed by atoms with Crippen molar-refractivity contribution in [2.75, 3.05) is 40.9 Å². The van der Waals surface area contributed by atoms with Crippen molar-refractivity contribution >= 4 is 13.7 Å². The summed E-state index contributed by atoms with van der Waals surface area (Å²) in [4.78, 5) is 23.3. The molecule has 3 unspecified atom stereocenters. The molecule has 8 nitrogen and oxygen atoms in total. The molecule has 0 aliphatic carbocycles. The molecule has 3 atom stereocenters. The summed E-state index contributed by atoms with van der Waals surface area (Å²) in [5, 5.41) is 14.0. The summed E-state index contributed by atoms with van der Waals surface area (Å²) in [5.74, 6) is -0.138. The zero-order valence-electron chi connectivity index (χ0n) is 41.7. The number of nitrogens with one attached hydrogen (secondary N) is 1. The lowest BCUT2D eigenvalue weighted by molar-refractivity contribution is -0.870. The Hall–Kier alpha value is -0.500. The maximum atomic E-state index is 13.0. The molecule has 366 valence electrons. The molecule has 0 heterocycles. The normalized spacial score (nSPS) is 14.0. The summed E-state index contributed by atoms with van der Waals surface area (Å²) in [6.45, 7) is 4.93. The molecule has 0 spiro atoms. The Labute approximate surface area is 380 Å². The minimum absolute atomic E-state index is 0.0789.